The largest absolute Gasteiger partial charge is 0.495 e. The maximum Gasteiger partial charge on any atom is 0.495 e. The molecule has 0 spiro atoms. The zero-order valence-electron chi connectivity index (χ0n) is 13.1. The molecule has 8 heteroatoms. The summed E-state index contributed by atoms with van der Waals surface area (Å²) in [6.07, 6.45) is -0.0752. The van der Waals surface area contributed by atoms with Gasteiger partial charge in [-0.05, 0) is 38.7 Å². The standard InChI is InChI=1S/C14H19BN2O5/c1-13(2)14(3,4)22-15(21-13)10-5-9(7-12(16)18)6-11(8-10)17(19)20/h5-6,8H,7H2,1-4H3,(H2,16,18). The van der Waals surface area contributed by atoms with Crippen LogP contribution in [0, 0.1) is 10.1 Å². The minimum atomic E-state index is -0.725. The first-order chi connectivity index (χ1) is 10.0. The Morgan fingerprint density at radius 2 is 1.77 bits per heavy atom. The van der Waals surface area contributed by atoms with Crippen molar-refractivity contribution in [2.45, 2.75) is 45.3 Å². The normalized spacial score (nSPS) is 19.2. The zero-order chi connectivity index (χ0) is 16.7. The van der Waals surface area contributed by atoms with Crippen LogP contribution in [-0.2, 0) is 20.5 Å². The number of non-ortho nitro benzene ring substituents is 1. The van der Waals surface area contributed by atoms with Gasteiger partial charge in [0, 0.05) is 12.1 Å². The smallest absolute Gasteiger partial charge is 0.399 e. The minimum Gasteiger partial charge on any atom is -0.399 e. The maximum absolute atomic E-state index is 11.1. The minimum absolute atomic E-state index is 0.0752. The first-order valence-corrected chi connectivity index (χ1v) is 6.94. The van der Waals surface area contributed by atoms with Gasteiger partial charge < -0.3 is 15.0 Å². The number of carbonyl (C=O) groups excluding carboxylic acids is 1. The van der Waals surface area contributed by atoms with Crippen molar-refractivity contribution in [3.05, 3.63) is 33.9 Å². The van der Waals surface area contributed by atoms with Crippen molar-refractivity contribution in [2.75, 3.05) is 0 Å². The van der Waals surface area contributed by atoms with Crippen molar-refractivity contribution in [1.29, 1.82) is 0 Å². The number of carbonyl (C=O) groups is 1. The summed E-state index contributed by atoms with van der Waals surface area (Å²) in [6.45, 7) is 7.59. The predicted octanol–water partition coefficient (Wildman–Crippen LogP) is 0.922. The van der Waals surface area contributed by atoms with Crippen LogP contribution in [-0.4, -0.2) is 29.2 Å². The second kappa shape index (κ2) is 5.37. The van der Waals surface area contributed by atoms with Crippen LogP contribution in [0.25, 0.3) is 0 Å². The van der Waals surface area contributed by atoms with Gasteiger partial charge in [0.25, 0.3) is 5.69 Å². The molecule has 0 radical (unpaired) electrons. The molecule has 0 aromatic heterocycles. The van der Waals surface area contributed by atoms with Crippen LogP contribution >= 0.6 is 0 Å². The van der Waals surface area contributed by atoms with E-state index in [0.717, 1.165) is 0 Å². The highest BCUT2D eigenvalue weighted by atomic mass is 16.7. The molecule has 2 N–H and O–H groups in total. The molecule has 0 atom stereocenters. The summed E-state index contributed by atoms with van der Waals surface area (Å²) < 4.78 is 11.8. The summed E-state index contributed by atoms with van der Waals surface area (Å²) in [5, 5.41) is 11.1. The van der Waals surface area contributed by atoms with Gasteiger partial charge in [-0.15, -0.1) is 0 Å². The molecule has 0 saturated carbocycles. The molecule has 7 nitrogen and oxygen atoms in total. The monoisotopic (exact) mass is 306 g/mol. The number of nitrogens with two attached hydrogens (primary N) is 1. The molecule has 0 bridgehead atoms. The van der Waals surface area contributed by atoms with Crippen LogP contribution in [0.4, 0.5) is 5.69 Å². The van der Waals surface area contributed by atoms with Crippen LogP contribution in [0.5, 0.6) is 0 Å². The third kappa shape index (κ3) is 3.12. The zero-order valence-corrected chi connectivity index (χ0v) is 13.1. The Balaban J connectivity index is 2.41. The molecule has 1 fully saturated rings. The number of hydrogen-bond acceptors (Lipinski definition) is 5. The second-order valence-corrected chi connectivity index (χ2v) is 6.42. The van der Waals surface area contributed by atoms with E-state index in [4.69, 9.17) is 15.0 Å². The van der Waals surface area contributed by atoms with Crippen LogP contribution in [0.1, 0.15) is 33.3 Å². The van der Waals surface area contributed by atoms with Crippen LogP contribution in [0.2, 0.25) is 0 Å². The Morgan fingerprint density at radius 3 is 2.23 bits per heavy atom. The van der Waals surface area contributed by atoms with Gasteiger partial charge in [-0.1, -0.05) is 6.07 Å². The highest BCUT2D eigenvalue weighted by Crippen LogP contribution is 2.36. The van der Waals surface area contributed by atoms with E-state index in [1.807, 2.05) is 27.7 Å². The van der Waals surface area contributed by atoms with Gasteiger partial charge in [-0.3, -0.25) is 14.9 Å². The molecule has 2 rings (SSSR count). The first kappa shape index (κ1) is 16.4. The molecule has 0 aliphatic carbocycles. The number of nitro groups is 1. The fourth-order valence-corrected chi connectivity index (χ4v) is 2.22. The van der Waals surface area contributed by atoms with Crippen molar-refractivity contribution in [2.24, 2.45) is 5.73 Å². The number of primary amides is 1. The van der Waals surface area contributed by atoms with Crippen LogP contribution < -0.4 is 11.2 Å². The average Bonchev–Trinajstić information content (AvgIpc) is 2.57. The molecule has 118 valence electrons. The number of benzene rings is 1. The molecule has 1 saturated heterocycles. The van der Waals surface area contributed by atoms with Gasteiger partial charge in [-0.2, -0.15) is 0 Å². The van der Waals surface area contributed by atoms with Crippen molar-refractivity contribution >= 4 is 24.2 Å². The molecule has 1 amide bonds. The quantitative estimate of drug-likeness (QED) is 0.506. The highest BCUT2D eigenvalue weighted by Gasteiger charge is 2.52. The van der Waals surface area contributed by atoms with Gasteiger partial charge in [0.05, 0.1) is 22.5 Å². The molecule has 1 aromatic rings. The maximum atomic E-state index is 11.1. The number of amides is 1. The molecule has 1 aromatic carbocycles. The highest BCUT2D eigenvalue weighted by molar-refractivity contribution is 6.62. The predicted molar refractivity (Wildman–Crippen MR) is 81.7 cm³/mol. The summed E-state index contributed by atoms with van der Waals surface area (Å²) >= 11 is 0. The molecule has 0 unspecified atom stereocenters. The lowest BCUT2D eigenvalue weighted by Gasteiger charge is -2.32. The van der Waals surface area contributed by atoms with Gasteiger partial charge in [-0.25, -0.2) is 0 Å². The van der Waals surface area contributed by atoms with Crippen molar-refractivity contribution in [3.8, 4) is 0 Å². The molecular formula is C14H19BN2O5. The Labute approximate surface area is 129 Å². The number of hydrogen-bond donors (Lipinski definition) is 1. The van der Waals surface area contributed by atoms with E-state index < -0.39 is 29.2 Å². The van der Waals surface area contributed by atoms with Gasteiger partial charge in [0.2, 0.25) is 5.91 Å². The van der Waals surface area contributed by atoms with E-state index in [0.29, 0.717) is 11.0 Å². The fourth-order valence-electron chi connectivity index (χ4n) is 2.22. The summed E-state index contributed by atoms with van der Waals surface area (Å²) in [4.78, 5) is 21.6. The third-order valence-corrected chi connectivity index (χ3v) is 4.11. The molecule has 22 heavy (non-hydrogen) atoms. The fraction of sp³-hybridized carbons (Fsp3) is 0.500. The van der Waals surface area contributed by atoms with Crippen LogP contribution in [0.3, 0.4) is 0 Å². The molecule has 1 aliphatic rings. The summed E-state index contributed by atoms with van der Waals surface area (Å²) in [5.41, 5.74) is 4.92. The Hall–Kier alpha value is -1.93. The lowest BCUT2D eigenvalue weighted by molar-refractivity contribution is -0.384. The van der Waals surface area contributed by atoms with E-state index in [9.17, 15) is 14.9 Å². The Kier molecular flexibility index (Phi) is 4.01. The summed E-state index contributed by atoms with van der Waals surface area (Å²) in [5.74, 6) is -0.555. The van der Waals surface area contributed by atoms with E-state index in [1.54, 1.807) is 6.07 Å². The number of rotatable bonds is 4. The number of nitrogens with zero attached hydrogens (tertiary/aromatic N) is 1. The van der Waals surface area contributed by atoms with Crippen molar-refractivity contribution in [1.82, 2.24) is 0 Å². The molecule has 1 heterocycles. The summed E-state index contributed by atoms with van der Waals surface area (Å²) in [6, 6.07) is 4.38. The van der Waals surface area contributed by atoms with E-state index in [1.165, 1.54) is 12.1 Å². The van der Waals surface area contributed by atoms with Crippen LogP contribution in [0.15, 0.2) is 18.2 Å². The average molecular weight is 306 g/mol. The van der Waals surface area contributed by atoms with E-state index in [2.05, 4.69) is 0 Å². The van der Waals surface area contributed by atoms with Crippen molar-refractivity contribution in [3.63, 3.8) is 0 Å². The first-order valence-electron chi connectivity index (χ1n) is 6.94. The topological polar surface area (TPSA) is 105 Å². The third-order valence-electron chi connectivity index (χ3n) is 4.11. The van der Waals surface area contributed by atoms with Gasteiger partial charge in [0.15, 0.2) is 0 Å². The van der Waals surface area contributed by atoms with Gasteiger partial charge >= 0.3 is 7.12 Å². The second-order valence-electron chi connectivity index (χ2n) is 6.42. The Morgan fingerprint density at radius 1 is 1.23 bits per heavy atom. The lowest BCUT2D eigenvalue weighted by atomic mass is 9.78. The van der Waals surface area contributed by atoms with Crippen molar-refractivity contribution < 1.29 is 19.0 Å². The SMILES string of the molecule is CC1(C)OB(c2cc(CC(N)=O)cc([N+](=O)[O-])c2)OC1(C)C. The lowest BCUT2D eigenvalue weighted by Crippen LogP contribution is -2.41. The summed E-state index contributed by atoms with van der Waals surface area (Å²) in [7, 11) is -0.725. The van der Waals surface area contributed by atoms with Gasteiger partial charge in [0.1, 0.15) is 0 Å². The molecular weight excluding hydrogens is 287 g/mol. The Bertz CT molecular complexity index is 614. The number of nitro benzene ring substituents is 1. The molecule has 1 aliphatic heterocycles. The van der Waals surface area contributed by atoms with E-state index >= 15 is 0 Å². The van der Waals surface area contributed by atoms with E-state index in [-0.39, 0.29) is 12.1 Å².